The van der Waals surface area contributed by atoms with Gasteiger partial charge in [0, 0.05) is 28.7 Å². The van der Waals surface area contributed by atoms with Crippen molar-refractivity contribution in [3.63, 3.8) is 0 Å². The highest BCUT2D eigenvalue weighted by Gasteiger charge is 2.25. The van der Waals surface area contributed by atoms with Gasteiger partial charge in [-0.25, -0.2) is 9.67 Å². The van der Waals surface area contributed by atoms with Gasteiger partial charge in [-0.3, -0.25) is 9.89 Å². The zero-order chi connectivity index (χ0) is 28.6. The second-order valence-corrected chi connectivity index (χ2v) is 11.5. The third-order valence-corrected chi connectivity index (χ3v) is 8.23. The van der Waals surface area contributed by atoms with Crippen LogP contribution in [0.1, 0.15) is 65.3 Å². The number of amides is 1. The van der Waals surface area contributed by atoms with Gasteiger partial charge in [-0.15, -0.1) is 0 Å². The molecule has 2 atom stereocenters. The van der Waals surface area contributed by atoms with E-state index in [1.807, 2.05) is 55.2 Å². The summed E-state index contributed by atoms with van der Waals surface area (Å²) < 4.78 is 8.15. The molecule has 214 valence electrons. The maximum atomic E-state index is 13.4. The second kappa shape index (κ2) is 11.2. The quantitative estimate of drug-likeness (QED) is 0.266. The lowest BCUT2D eigenvalue weighted by Crippen LogP contribution is -2.27. The molecule has 1 aliphatic carbocycles. The fourth-order valence-electron chi connectivity index (χ4n) is 6.18. The van der Waals surface area contributed by atoms with E-state index in [0.717, 1.165) is 72.3 Å². The second-order valence-electron chi connectivity index (χ2n) is 11.5. The number of rotatable bonds is 7. The van der Waals surface area contributed by atoms with Crippen molar-refractivity contribution in [2.24, 2.45) is 0 Å². The van der Waals surface area contributed by atoms with Crippen molar-refractivity contribution in [3.8, 4) is 22.6 Å². The Bertz CT molecular complexity index is 1750. The van der Waals surface area contributed by atoms with E-state index in [2.05, 4.69) is 50.7 Å². The molecule has 0 radical (unpaired) electrons. The predicted molar refractivity (Wildman–Crippen MR) is 162 cm³/mol. The van der Waals surface area contributed by atoms with Crippen LogP contribution in [0.25, 0.3) is 33.5 Å². The topological polar surface area (TPSA) is 101 Å². The van der Waals surface area contributed by atoms with E-state index in [1.165, 1.54) is 11.1 Å². The molecule has 1 saturated heterocycles. The maximum absolute atomic E-state index is 13.4. The number of hydrogen-bond acceptors (Lipinski definition) is 6. The first-order chi connectivity index (χ1) is 20.5. The minimum atomic E-state index is -0.120. The van der Waals surface area contributed by atoms with Crippen LogP contribution in [-0.4, -0.2) is 56.5 Å². The smallest absolute Gasteiger partial charge is 0.251 e. The van der Waals surface area contributed by atoms with E-state index in [1.54, 1.807) is 0 Å². The van der Waals surface area contributed by atoms with Gasteiger partial charge in [-0.2, -0.15) is 10.2 Å². The number of benzene rings is 3. The summed E-state index contributed by atoms with van der Waals surface area (Å²) in [6, 6.07) is 22.4. The van der Waals surface area contributed by atoms with E-state index in [4.69, 9.17) is 14.8 Å². The van der Waals surface area contributed by atoms with Gasteiger partial charge < -0.3 is 15.0 Å². The van der Waals surface area contributed by atoms with Gasteiger partial charge in [0.05, 0.1) is 18.1 Å². The molecule has 9 nitrogen and oxygen atoms in total. The molecule has 42 heavy (non-hydrogen) atoms. The number of H-pyrrole nitrogens is 1. The lowest BCUT2D eigenvalue weighted by Gasteiger charge is -2.23. The molecule has 3 heterocycles. The number of nitrogens with zero attached hydrogens (tertiary/aromatic N) is 5. The number of aromatic amines is 1. The van der Waals surface area contributed by atoms with Gasteiger partial charge in [0.15, 0.2) is 12.1 Å². The molecular weight excluding hydrogens is 526 g/mol. The minimum Gasteiger partial charge on any atom is -0.356 e. The van der Waals surface area contributed by atoms with Crippen molar-refractivity contribution in [1.29, 1.82) is 0 Å². The van der Waals surface area contributed by atoms with Crippen molar-refractivity contribution in [3.05, 3.63) is 89.2 Å². The van der Waals surface area contributed by atoms with Crippen LogP contribution in [0.2, 0.25) is 0 Å². The monoisotopic (exact) mass is 561 g/mol. The van der Waals surface area contributed by atoms with Crippen molar-refractivity contribution < 1.29 is 9.53 Å². The third-order valence-electron chi connectivity index (χ3n) is 8.23. The van der Waals surface area contributed by atoms with Gasteiger partial charge in [0.1, 0.15) is 11.5 Å². The summed E-state index contributed by atoms with van der Waals surface area (Å²) in [5.41, 5.74) is 6.74. The molecule has 1 fully saturated rings. The molecule has 0 spiro atoms. The number of carbonyl (C=O) groups excluding carboxylic acids is 1. The Kier molecular flexibility index (Phi) is 7.05. The molecule has 2 aliphatic rings. The highest BCUT2D eigenvalue weighted by Crippen LogP contribution is 2.36. The van der Waals surface area contributed by atoms with Gasteiger partial charge in [0.2, 0.25) is 0 Å². The Morgan fingerprint density at radius 2 is 1.95 bits per heavy atom. The van der Waals surface area contributed by atoms with Crippen molar-refractivity contribution >= 4 is 16.8 Å². The molecule has 0 saturated carbocycles. The molecule has 1 aliphatic heterocycles. The molecular formula is C33H35N7O2. The van der Waals surface area contributed by atoms with Crippen LogP contribution < -0.4 is 5.32 Å². The largest absolute Gasteiger partial charge is 0.356 e. The van der Waals surface area contributed by atoms with E-state index < -0.39 is 0 Å². The first kappa shape index (κ1) is 26.6. The molecule has 3 aromatic carbocycles. The molecule has 2 N–H and O–H groups in total. The van der Waals surface area contributed by atoms with Crippen LogP contribution in [0.15, 0.2) is 66.7 Å². The highest BCUT2D eigenvalue weighted by molar-refractivity contribution is 5.99. The molecule has 9 heteroatoms. The Balaban J connectivity index is 1.25. The highest BCUT2D eigenvalue weighted by atomic mass is 16.5. The normalized spacial score (nSPS) is 18.5. The van der Waals surface area contributed by atoms with Crippen LogP contribution in [0.4, 0.5) is 0 Å². The Morgan fingerprint density at radius 3 is 2.81 bits per heavy atom. The lowest BCUT2D eigenvalue weighted by molar-refractivity contribution is -0.0365. The zero-order valence-corrected chi connectivity index (χ0v) is 24.0. The molecule has 5 aromatic rings. The Morgan fingerprint density at radius 1 is 1.05 bits per heavy atom. The summed E-state index contributed by atoms with van der Waals surface area (Å²) in [5, 5.41) is 16.9. The van der Waals surface area contributed by atoms with Crippen LogP contribution in [0.3, 0.4) is 0 Å². The SMILES string of the molecule is CN(C)Cc1nc(-c2ccc3c(c2)c(-c2cccc(C(=O)N[C@@H]4CCc5ccccc54)c2)nn3C2CCCCO2)n[nH]1. The molecule has 7 rings (SSSR count). The van der Waals surface area contributed by atoms with E-state index in [0.29, 0.717) is 17.9 Å². The average Bonchev–Trinajstić information content (AvgIpc) is 3.75. The van der Waals surface area contributed by atoms with E-state index in [-0.39, 0.29) is 18.2 Å². The van der Waals surface area contributed by atoms with Crippen LogP contribution in [0.5, 0.6) is 0 Å². The Labute approximate surface area is 244 Å². The average molecular weight is 562 g/mol. The van der Waals surface area contributed by atoms with Crippen LogP contribution >= 0.6 is 0 Å². The fourth-order valence-corrected chi connectivity index (χ4v) is 6.18. The maximum Gasteiger partial charge on any atom is 0.251 e. The third kappa shape index (κ3) is 5.10. The summed E-state index contributed by atoms with van der Waals surface area (Å²) in [4.78, 5) is 20.2. The first-order valence-corrected chi connectivity index (χ1v) is 14.7. The number of nitrogens with one attached hydrogen (secondary N) is 2. The molecule has 0 bridgehead atoms. The minimum absolute atomic E-state index is 0.0298. The van der Waals surface area contributed by atoms with Crippen molar-refractivity contribution in [2.45, 2.75) is 50.9 Å². The zero-order valence-electron chi connectivity index (χ0n) is 24.0. The number of ether oxygens (including phenoxy) is 1. The summed E-state index contributed by atoms with van der Waals surface area (Å²) in [6.45, 7) is 1.41. The lowest BCUT2D eigenvalue weighted by atomic mass is 10.0. The van der Waals surface area contributed by atoms with Crippen LogP contribution in [0, 0.1) is 0 Å². The molecule has 1 unspecified atom stereocenters. The van der Waals surface area contributed by atoms with Crippen LogP contribution in [-0.2, 0) is 17.7 Å². The van der Waals surface area contributed by atoms with E-state index in [9.17, 15) is 4.79 Å². The number of fused-ring (bicyclic) bond motifs is 2. The van der Waals surface area contributed by atoms with Crippen molar-refractivity contribution in [2.75, 3.05) is 20.7 Å². The summed E-state index contributed by atoms with van der Waals surface area (Å²) in [7, 11) is 4.01. The number of aryl methyl sites for hydroxylation is 1. The first-order valence-electron chi connectivity index (χ1n) is 14.7. The molecule has 2 aromatic heterocycles. The number of aromatic nitrogens is 5. The summed E-state index contributed by atoms with van der Waals surface area (Å²) in [5.74, 6) is 1.38. The Hall–Kier alpha value is -4.34. The van der Waals surface area contributed by atoms with Gasteiger partial charge in [-0.05, 0) is 87.7 Å². The predicted octanol–water partition coefficient (Wildman–Crippen LogP) is 5.67. The summed E-state index contributed by atoms with van der Waals surface area (Å²) in [6.07, 6.45) is 4.86. The number of hydrogen-bond donors (Lipinski definition) is 2. The van der Waals surface area contributed by atoms with E-state index >= 15 is 0 Å². The van der Waals surface area contributed by atoms with Gasteiger partial charge >= 0.3 is 0 Å². The van der Waals surface area contributed by atoms with Gasteiger partial charge in [0.25, 0.3) is 5.91 Å². The van der Waals surface area contributed by atoms with Gasteiger partial charge in [-0.1, -0.05) is 36.4 Å². The van der Waals surface area contributed by atoms with Crippen molar-refractivity contribution in [1.82, 2.24) is 35.2 Å². The fraction of sp³-hybridized carbons (Fsp3) is 0.333. The summed E-state index contributed by atoms with van der Waals surface area (Å²) >= 11 is 0. The standard InChI is InChI=1S/C33H35N7O2/c1-39(2)20-29-35-32(37-36-29)23-14-16-28-26(19-23)31(38-40(28)30-12-5-6-17-42-30)22-9-7-10-24(18-22)33(41)34-27-15-13-21-8-3-4-11-25(21)27/h3-4,7-11,14,16,18-19,27,30H,5-6,12-13,15,17,20H2,1-2H3,(H,34,41)(H,35,36,37)/t27-,30?/m1/s1. The molecule has 1 amide bonds. The number of carbonyl (C=O) groups is 1.